The van der Waals surface area contributed by atoms with Gasteiger partial charge >= 0.3 is 0 Å². The third-order valence-electron chi connectivity index (χ3n) is 1.97. The van der Waals surface area contributed by atoms with E-state index in [-0.39, 0.29) is 5.91 Å². The lowest BCUT2D eigenvalue weighted by atomic mass is 10.5. The summed E-state index contributed by atoms with van der Waals surface area (Å²) in [5.41, 5.74) is 0.564. The van der Waals surface area contributed by atoms with Gasteiger partial charge in [0.05, 0.1) is 17.8 Å². The lowest BCUT2D eigenvalue weighted by molar-refractivity contribution is -0.113. The van der Waals surface area contributed by atoms with Crippen molar-refractivity contribution in [2.24, 2.45) is 0 Å². The van der Waals surface area contributed by atoms with Gasteiger partial charge in [-0.2, -0.15) is 0 Å². The summed E-state index contributed by atoms with van der Waals surface area (Å²) < 4.78 is 9.62. The van der Waals surface area contributed by atoms with Crippen LogP contribution in [-0.2, 0) is 10.5 Å². The van der Waals surface area contributed by atoms with E-state index in [0.717, 1.165) is 5.76 Å². The maximum atomic E-state index is 11.5. The highest BCUT2D eigenvalue weighted by Crippen LogP contribution is 2.13. The molecule has 90 valence electrons. The van der Waals surface area contributed by atoms with Gasteiger partial charge in [-0.05, 0) is 24.2 Å². The number of furan rings is 1. The van der Waals surface area contributed by atoms with Crippen LogP contribution in [0.25, 0.3) is 0 Å². The number of thioether (sulfide) groups is 1. The Balaban J connectivity index is 1.73. The van der Waals surface area contributed by atoms with Crippen LogP contribution in [-0.4, -0.2) is 22.0 Å². The van der Waals surface area contributed by atoms with E-state index in [1.807, 2.05) is 12.1 Å². The van der Waals surface area contributed by atoms with E-state index in [1.54, 1.807) is 13.2 Å². The standard InChI is InChI=1S/C10H11N3O3S/c1-7-10(13-16-12-7)11-9(14)6-17-5-8-3-2-4-15-8/h2-4H,5-6H2,1H3,(H,11,13,14). The van der Waals surface area contributed by atoms with E-state index in [0.29, 0.717) is 23.0 Å². The molecule has 7 heteroatoms. The second kappa shape index (κ2) is 5.53. The lowest BCUT2D eigenvalue weighted by Gasteiger charge is -2.00. The molecule has 1 N–H and O–H groups in total. The van der Waals surface area contributed by atoms with E-state index in [4.69, 9.17) is 4.42 Å². The van der Waals surface area contributed by atoms with Crippen molar-refractivity contribution in [1.82, 2.24) is 10.3 Å². The average molecular weight is 253 g/mol. The number of rotatable bonds is 5. The molecule has 0 saturated carbocycles. The number of aryl methyl sites for hydroxylation is 1. The predicted molar refractivity (Wildman–Crippen MR) is 62.5 cm³/mol. The maximum Gasteiger partial charge on any atom is 0.235 e. The fourth-order valence-electron chi connectivity index (χ4n) is 1.15. The van der Waals surface area contributed by atoms with Crippen LogP contribution in [0.4, 0.5) is 5.82 Å². The van der Waals surface area contributed by atoms with Crippen molar-refractivity contribution in [1.29, 1.82) is 0 Å². The van der Waals surface area contributed by atoms with Crippen molar-refractivity contribution in [3.63, 3.8) is 0 Å². The second-order valence-corrected chi connectivity index (χ2v) is 4.30. The number of nitrogens with zero attached hydrogens (tertiary/aromatic N) is 2. The normalized spacial score (nSPS) is 10.4. The predicted octanol–water partition coefficient (Wildman–Crippen LogP) is 1.84. The van der Waals surface area contributed by atoms with Crippen molar-refractivity contribution in [3.8, 4) is 0 Å². The number of hydrogen-bond acceptors (Lipinski definition) is 6. The Morgan fingerprint density at radius 1 is 1.53 bits per heavy atom. The summed E-state index contributed by atoms with van der Waals surface area (Å²) in [4.78, 5) is 11.5. The molecular formula is C10H11N3O3S. The maximum absolute atomic E-state index is 11.5. The summed E-state index contributed by atoms with van der Waals surface area (Å²) in [6.45, 7) is 1.71. The minimum Gasteiger partial charge on any atom is -0.468 e. The molecule has 2 rings (SSSR count). The summed E-state index contributed by atoms with van der Waals surface area (Å²) in [5.74, 6) is 2.07. The zero-order valence-electron chi connectivity index (χ0n) is 9.17. The van der Waals surface area contributed by atoms with E-state index < -0.39 is 0 Å². The van der Waals surface area contributed by atoms with Crippen LogP contribution in [0.2, 0.25) is 0 Å². The topological polar surface area (TPSA) is 81.2 Å². The molecule has 2 heterocycles. The second-order valence-electron chi connectivity index (χ2n) is 3.32. The van der Waals surface area contributed by atoms with Crippen LogP contribution in [0.5, 0.6) is 0 Å². The lowest BCUT2D eigenvalue weighted by Crippen LogP contribution is -2.15. The average Bonchev–Trinajstić information content (AvgIpc) is 2.92. The summed E-state index contributed by atoms with van der Waals surface area (Å²) >= 11 is 1.46. The Bertz CT molecular complexity index is 481. The first-order valence-electron chi connectivity index (χ1n) is 4.95. The van der Waals surface area contributed by atoms with Gasteiger partial charge in [0.25, 0.3) is 0 Å². The van der Waals surface area contributed by atoms with Crippen LogP contribution in [0.15, 0.2) is 27.4 Å². The van der Waals surface area contributed by atoms with Crippen molar-refractivity contribution >= 4 is 23.5 Å². The third kappa shape index (κ3) is 3.35. The van der Waals surface area contributed by atoms with Gasteiger partial charge < -0.3 is 9.73 Å². The number of amides is 1. The largest absolute Gasteiger partial charge is 0.468 e. The van der Waals surface area contributed by atoms with E-state index in [2.05, 4.69) is 20.3 Å². The van der Waals surface area contributed by atoms with Gasteiger partial charge in [0, 0.05) is 0 Å². The molecule has 0 aliphatic heterocycles. The summed E-state index contributed by atoms with van der Waals surface area (Å²) in [7, 11) is 0. The van der Waals surface area contributed by atoms with E-state index >= 15 is 0 Å². The zero-order chi connectivity index (χ0) is 12.1. The van der Waals surface area contributed by atoms with Crippen molar-refractivity contribution in [2.75, 3.05) is 11.1 Å². The van der Waals surface area contributed by atoms with Crippen LogP contribution >= 0.6 is 11.8 Å². The monoisotopic (exact) mass is 253 g/mol. The summed E-state index contributed by atoms with van der Waals surface area (Å²) in [6, 6.07) is 3.69. The van der Waals surface area contributed by atoms with Gasteiger partial charge in [-0.1, -0.05) is 5.16 Å². The molecule has 1 amide bonds. The molecule has 0 radical (unpaired) electrons. The van der Waals surface area contributed by atoms with Crippen LogP contribution in [0.3, 0.4) is 0 Å². The Labute approximate surface area is 102 Å². The number of carbonyl (C=O) groups excluding carboxylic acids is 1. The van der Waals surface area contributed by atoms with Crippen LogP contribution in [0.1, 0.15) is 11.5 Å². The summed E-state index contributed by atoms with van der Waals surface area (Å²) in [6.07, 6.45) is 1.61. The number of nitrogens with one attached hydrogen (secondary N) is 1. The fourth-order valence-corrected chi connectivity index (χ4v) is 1.88. The molecule has 0 saturated heterocycles. The Morgan fingerprint density at radius 2 is 2.41 bits per heavy atom. The van der Waals surface area contributed by atoms with Crippen LogP contribution < -0.4 is 5.32 Å². The van der Waals surface area contributed by atoms with Gasteiger partial charge in [0.15, 0.2) is 5.82 Å². The van der Waals surface area contributed by atoms with Crippen molar-refractivity contribution in [2.45, 2.75) is 12.7 Å². The first kappa shape index (κ1) is 11.7. The molecule has 0 aliphatic carbocycles. The Hall–Kier alpha value is -1.76. The highest BCUT2D eigenvalue weighted by Gasteiger charge is 2.09. The number of anilines is 1. The van der Waals surface area contributed by atoms with Crippen molar-refractivity contribution in [3.05, 3.63) is 29.9 Å². The molecule has 0 aliphatic rings. The molecule has 0 bridgehead atoms. The summed E-state index contributed by atoms with van der Waals surface area (Å²) in [5, 5.41) is 9.75. The number of carbonyl (C=O) groups is 1. The minimum atomic E-state index is -0.139. The molecule has 17 heavy (non-hydrogen) atoms. The Kier molecular flexibility index (Phi) is 3.81. The van der Waals surface area contributed by atoms with Gasteiger partial charge in [0.1, 0.15) is 11.5 Å². The first-order chi connectivity index (χ1) is 8.25. The Morgan fingerprint density at radius 3 is 3.06 bits per heavy atom. The van der Waals surface area contributed by atoms with Gasteiger partial charge in [0.2, 0.25) is 5.91 Å². The zero-order valence-corrected chi connectivity index (χ0v) is 9.99. The molecule has 0 atom stereocenters. The highest BCUT2D eigenvalue weighted by molar-refractivity contribution is 7.99. The highest BCUT2D eigenvalue weighted by atomic mass is 32.2. The molecule has 0 unspecified atom stereocenters. The minimum absolute atomic E-state index is 0.139. The first-order valence-corrected chi connectivity index (χ1v) is 6.10. The smallest absolute Gasteiger partial charge is 0.235 e. The molecular weight excluding hydrogens is 242 g/mol. The molecule has 2 aromatic heterocycles. The quantitative estimate of drug-likeness (QED) is 0.875. The third-order valence-corrected chi connectivity index (χ3v) is 2.92. The molecule has 0 aromatic carbocycles. The molecule has 2 aromatic rings. The van der Waals surface area contributed by atoms with E-state index in [9.17, 15) is 4.79 Å². The SMILES string of the molecule is Cc1nonc1NC(=O)CSCc1ccco1. The van der Waals surface area contributed by atoms with Gasteiger partial charge in [-0.25, -0.2) is 4.63 Å². The molecule has 0 spiro atoms. The van der Waals surface area contributed by atoms with Crippen molar-refractivity contribution < 1.29 is 13.8 Å². The van der Waals surface area contributed by atoms with Gasteiger partial charge in [-0.3, -0.25) is 4.79 Å². The number of hydrogen-bond donors (Lipinski definition) is 1. The van der Waals surface area contributed by atoms with E-state index in [1.165, 1.54) is 11.8 Å². The number of aromatic nitrogens is 2. The van der Waals surface area contributed by atoms with Gasteiger partial charge in [-0.15, -0.1) is 11.8 Å². The van der Waals surface area contributed by atoms with Crippen LogP contribution in [0, 0.1) is 6.92 Å². The molecule has 6 nitrogen and oxygen atoms in total. The molecule has 0 fully saturated rings. The fraction of sp³-hybridized carbons (Fsp3) is 0.300.